The molecule has 1 aliphatic carbocycles. The van der Waals surface area contributed by atoms with E-state index in [1.54, 1.807) is 0 Å². The molecule has 1 heteroatoms. The van der Waals surface area contributed by atoms with Crippen LogP contribution < -0.4 is 0 Å². The first-order valence-corrected chi connectivity index (χ1v) is 4.61. The first kappa shape index (κ1) is 9.47. The minimum atomic E-state index is 0. The van der Waals surface area contributed by atoms with E-state index in [4.69, 9.17) is 0 Å². The van der Waals surface area contributed by atoms with E-state index in [1.165, 1.54) is 22.3 Å². The summed E-state index contributed by atoms with van der Waals surface area (Å²) in [5.74, 6) is 0. The summed E-state index contributed by atoms with van der Waals surface area (Å²) in [5, 5.41) is 0. The second kappa shape index (κ2) is 3.58. The number of halogens is 1. The van der Waals surface area contributed by atoms with Gasteiger partial charge in [-0.15, -0.1) is 17.0 Å². The maximum Gasteiger partial charge on any atom is -0.00135 e. The Labute approximate surface area is 94.4 Å². The van der Waals surface area contributed by atoms with Crippen molar-refractivity contribution in [2.24, 2.45) is 0 Å². The first-order valence-electron chi connectivity index (χ1n) is 4.61. The molecule has 0 aliphatic heterocycles. The van der Waals surface area contributed by atoms with Gasteiger partial charge in [0.05, 0.1) is 0 Å². The Kier molecular flexibility index (Phi) is 2.42. The Morgan fingerprint density at radius 3 is 1.57 bits per heavy atom. The lowest BCUT2D eigenvalue weighted by Crippen LogP contribution is -1.77. The molecule has 0 heterocycles. The topological polar surface area (TPSA) is 0 Å². The molecular formula is C13H11Br. The molecule has 0 amide bonds. The van der Waals surface area contributed by atoms with Crippen LogP contribution in [-0.4, -0.2) is 0 Å². The van der Waals surface area contributed by atoms with E-state index >= 15 is 0 Å². The molecule has 0 nitrogen and oxygen atoms in total. The van der Waals surface area contributed by atoms with E-state index in [-0.39, 0.29) is 17.0 Å². The minimum absolute atomic E-state index is 0. The first-order chi connectivity index (χ1) is 6.45. The van der Waals surface area contributed by atoms with Crippen LogP contribution in [0.5, 0.6) is 0 Å². The van der Waals surface area contributed by atoms with Crippen LogP contribution in [0.1, 0.15) is 11.1 Å². The molecule has 0 N–H and O–H groups in total. The van der Waals surface area contributed by atoms with Gasteiger partial charge >= 0.3 is 0 Å². The second-order valence-corrected chi connectivity index (χ2v) is 3.49. The van der Waals surface area contributed by atoms with Gasteiger partial charge in [0.1, 0.15) is 0 Å². The fourth-order valence-electron chi connectivity index (χ4n) is 2.08. The highest BCUT2D eigenvalue weighted by atomic mass is 79.9. The Bertz CT molecular complexity index is 417. The lowest BCUT2D eigenvalue weighted by atomic mass is 10.1. The van der Waals surface area contributed by atoms with E-state index < -0.39 is 0 Å². The lowest BCUT2D eigenvalue weighted by Gasteiger charge is -1.98. The van der Waals surface area contributed by atoms with Gasteiger partial charge in [-0.3, -0.25) is 0 Å². The SMILES string of the molecule is Br.c1ccc2c(c1)Cc1ccccc1-2. The molecular weight excluding hydrogens is 236 g/mol. The number of rotatable bonds is 0. The number of hydrogen-bond acceptors (Lipinski definition) is 0. The van der Waals surface area contributed by atoms with Crippen LogP contribution in [0.3, 0.4) is 0 Å². The van der Waals surface area contributed by atoms with Gasteiger partial charge in [-0.2, -0.15) is 0 Å². The summed E-state index contributed by atoms with van der Waals surface area (Å²) in [6.45, 7) is 0. The van der Waals surface area contributed by atoms with Crippen molar-refractivity contribution >= 4 is 17.0 Å². The van der Waals surface area contributed by atoms with Gasteiger partial charge in [0.2, 0.25) is 0 Å². The maximum atomic E-state index is 2.22. The predicted molar refractivity (Wildman–Crippen MR) is 65.0 cm³/mol. The third-order valence-corrected chi connectivity index (χ3v) is 2.71. The average Bonchev–Trinajstić information content (AvgIpc) is 2.56. The van der Waals surface area contributed by atoms with Gasteiger partial charge in [-0.25, -0.2) is 0 Å². The molecule has 3 rings (SSSR count). The van der Waals surface area contributed by atoms with Crippen LogP contribution in [0.15, 0.2) is 48.5 Å². The van der Waals surface area contributed by atoms with Crippen LogP contribution in [0.25, 0.3) is 11.1 Å². The van der Waals surface area contributed by atoms with E-state index in [0.717, 1.165) is 6.42 Å². The van der Waals surface area contributed by atoms with Gasteiger partial charge in [0, 0.05) is 0 Å². The molecule has 0 saturated carbocycles. The van der Waals surface area contributed by atoms with E-state index in [9.17, 15) is 0 Å². The predicted octanol–water partition coefficient (Wildman–Crippen LogP) is 3.84. The molecule has 2 aromatic carbocycles. The summed E-state index contributed by atoms with van der Waals surface area (Å²) in [5.41, 5.74) is 5.75. The van der Waals surface area contributed by atoms with Gasteiger partial charge < -0.3 is 0 Å². The average molecular weight is 247 g/mol. The zero-order chi connectivity index (χ0) is 8.67. The standard InChI is InChI=1S/C13H10.BrH/c1-3-7-12-10(5-1)9-11-6-2-4-8-13(11)12;/h1-8H,9H2;1H. The molecule has 0 bridgehead atoms. The van der Waals surface area contributed by atoms with E-state index in [1.807, 2.05) is 0 Å². The maximum absolute atomic E-state index is 2.22. The Hall–Kier alpha value is -1.08. The second-order valence-electron chi connectivity index (χ2n) is 3.49. The largest absolute Gasteiger partial charge is 0.114 e. The highest BCUT2D eigenvalue weighted by molar-refractivity contribution is 8.93. The summed E-state index contributed by atoms with van der Waals surface area (Å²) in [6.07, 6.45) is 1.10. The van der Waals surface area contributed by atoms with Crippen molar-refractivity contribution in [1.29, 1.82) is 0 Å². The number of hydrogen-bond donors (Lipinski definition) is 0. The van der Waals surface area contributed by atoms with Crippen LogP contribution in [0.4, 0.5) is 0 Å². The van der Waals surface area contributed by atoms with Crippen molar-refractivity contribution in [3.63, 3.8) is 0 Å². The normalized spacial score (nSPS) is 11.4. The number of fused-ring (bicyclic) bond motifs is 3. The molecule has 0 spiro atoms. The molecule has 0 aromatic heterocycles. The van der Waals surface area contributed by atoms with Crippen LogP contribution in [-0.2, 0) is 6.42 Å². The van der Waals surface area contributed by atoms with Crippen molar-refractivity contribution < 1.29 is 0 Å². The molecule has 0 saturated heterocycles. The molecule has 70 valence electrons. The molecule has 2 aromatic rings. The Balaban J connectivity index is 0.000000750. The summed E-state index contributed by atoms with van der Waals surface area (Å²) in [7, 11) is 0. The van der Waals surface area contributed by atoms with Crippen LogP contribution in [0, 0.1) is 0 Å². The lowest BCUT2D eigenvalue weighted by molar-refractivity contribution is 1.26. The molecule has 0 radical (unpaired) electrons. The molecule has 0 fully saturated rings. The van der Waals surface area contributed by atoms with Gasteiger partial charge in [-0.1, -0.05) is 48.5 Å². The summed E-state index contributed by atoms with van der Waals surface area (Å²) in [6, 6.07) is 17.3. The van der Waals surface area contributed by atoms with Crippen molar-refractivity contribution in [2.45, 2.75) is 6.42 Å². The summed E-state index contributed by atoms with van der Waals surface area (Å²) < 4.78 is 0. The van der Waals surface area contributed by atoms with Crippen LogP contribution >= 0.6 is 17.0 Å². The summed E-state index contributed by atoms with van der Waals surface area (Å²) >= 11 is 0. The summed E-state index contributed by atoms with van der Waals surface area (Å²) in [4.78, 5) is 0. The monoisotopic (exact) mass is 246 g/mol. The third-order valence-electron chi connectivity index (χ3n) is 2.71. The van der Waals surface area contributed by atoms with Gasteiger partial charge in [-0.05, 0) is 28.7 Å². The molecule has 14 heavy (non-hydrogen) atoms. The smallest absolute Gasteiger partial charge is 0.00135 e. The van der Waals surface area contributed by atoms with Crippen molar-refractivity contribution in [2.75, 3.05) is 0 Å². The Morgan fingerprint density at radius 1 is 0.643 bits per heavy atom. The van der Waals surface area contributed by atoms with E-state index in [2.05, 4.69) is 48.5 Å². The van der Waals surface area contributed by atoms with Crippen molar-refractivity contribution in [3.8, 4) is 11.1 Å². The van der Waals surface area contributed by atoms with Gasteiger partial charge in [0.25, 0.3) is 0 Å². The molecule has 1 aliphatic rings. The van der Waals surface area contributed by atoms with Gasteiger partial charge in [0.15, 0.2) is 0 Å². The third kappa shape index (κ3) is 1.28. The van der Waals surface area contributed by atoms with Crippen molar-refractivity contribution in [1.82, 2.24) is 0 Å². The zero-order valence-corrected chi connectivity index (χ0v) is 9.45. The highest BCUT2D eigenvalue weighted by Crippen LogP contribution is 2.35. The fraction of sp³-hybridized carbons (Fsp3) is 0.0769. The minimum Gasteiger partial charge on any atom is -0.114 e. The van der Waals surface area contributed by atoms with E-state index in [0.29, 0.717) is 0 Å². The quantitative estimate of drug-likeness (QED) is 0.566. The molecule has 0 atom stereocenters. The van der Waals surface area contributed by atoms with Crippen molar-refractivity contribution in [3.05, 3.63) is 59.7 Å². The number of benzene rings is 2. The zero-order valence-electron chi connectivity index (χ0n) is 7.73. The molecule has 0 unspecified atom stereocenters. The van der Waals surface area contributed by atoms with Crippen LogP contribution in [0.2, 0.25) is 0 Å². The fourth-order valence-corrected chi connectivity index (χ4v) is 2.08. The Morgan fingerprint density at radius 2 is 1.07 bits per heavy atom. The highest BCUT2D eigenvalue weighted by Gasteiger charge is 2.15.